The summed E-state index contributed by atoms with van der Waals surface area (Å²) in [4.78, 5) is 13.9. The molecule has 0 aliphatic carbocycles. The van der Waals surface area contributed by atoms with E-state index in [2.05, 4.69) is 33.2 Å². The Morgan fingerprint density at radius 2 is 1.96 bits per heavy atom. The number of hydrogen-bond acceptors (Lipinski definition) is 6. The Hall–Kier alpha value is -1.34. The summed E-state index contributed by atoms with van der Waals surface area (Å²) in [7, 11) is 0. The van der Waals surface area contributed by atoms with Crippen LogP contribution >= 0.6 is 11.3 Å². The fourth-order valence-corrected chi connectivity index (χ4v) is 3.80. The van der Waals surface area contributed by atoms with Gasteiger partial charge in [0.05, 0.1) is 5.69 Å². The van der Waals surface area contributed by atoms with E-state index in [-0.39, 0.29) is 6.10 Å². The van der Waals surface area contributed by atoms with Crippen molar-refractivity contribution < 1.29 is 4.74 Å². The standard InChI is InChI=1S/C18H26N4OS/c1-3-23-15(2)18-20-17(14-24-18)13-22-9-7-21(8-10-22)12-16-5-4-6-19-11-16/h4-6,11,14-15H,3,7-10,12-13H2,1-2H3/t15-/m0/s1. The third-order valence-electron chi connectivity index (χ3n) is 4.31. The number of rotatable bonds is 7. The van der Waals surface area contributed by atoms with Crippen molar-refractivity contribution in [3.05, 3.63) is 46.2 Å². The van der Waals surface area contributed by atoms with E-state index in [1.165, 1.54) is 11.3 Å². The van der Waals surface area contributed by atoms with Gasteiger partial charge in [-0.25, -0.2) is 4.98 Å². The van der Waals surface area contributed by atoms with Crippen LogP contribution in [0.15, 0.2) is 29.9 Å². The van der Waals surface area contributed by atoms with Crippen molar-refractivity contribution in [3.8, 4) is 0 Å². The van der Waals surface area contributed by atoms with Gasteiger partial charge in [0, 0.05) is 63.6 Å². The molecule has 3 heterocycles. The Kier molecular flexibility index (Phi) is 6.31. The molecule has 3 rings (SSSR count). The molecule has 1 atom stereocenters. The van der Waals surface area contributed by atoms with Crippen LogP contribution in [0.2, 0.25) is 0 Å². The van der Waals surface area contributed by atoms with Crippen molar-refractivity contribution in [2.45, 2.75) is 33.0 Å². The maximum absolute atomic E-state index is 5.62. The van der Waals surface area contributed by atoms with E-state index in [9.17, 15) is 0 Å². The number of thiazole rings is 1. The number of pyridine rings is 1. The summed E-state index contributed by atoms with van der Waals surface area (Å²) in [6, 6.07) is 4.16. The highest BCUT2D eigenvalue weighted by atomic mass is 32.1. The van der Waals surface area contributed by atoms with Gasteiger partial charge in [-0.15, -0.1) is 11.3 Å². The zero-order chi connectivity index (χ0) is 16.8. The molecule has 0 unspecified atom stereocenters. The van der Waals surface area contributed by atoms with Gasteiger partial charge in [0.1, 0.15) is 11.1 Å². The van der Waals surface area contributed by atoms with Crippen LogP contribution in [0.4, 0.5) is 0 Å². The number of hydrogen-bond donors (Lipinski definition) is 0. The van der Waals surface area contributed by atoms with Crippen LogP contribution in [0, 0.1) is 0 Å². The first-order valence-corrected chi connectivity index (χ1v) is 9.52. The van der Waals surface area contributed by atoms with Gasteiger partial charge in [0.2, 0.25) is 0 Å². The van der Waals surface area contributed by atoms with Gasteiger partial charge in [-0.3, -0.25) is 14.8 Å². The minimum atomic E-state index is 0.102. The van der Waals surface area contributed by atoms with E-state index >= 15 is 0 Å². The highest BCUT2D eigenvalue weighted by Gasteiger charge is 2.18. The van der Waals surface area contributed by atoms with Crippen LogP contribution in [0.3, 0.4) is 0 Å². The molecule has 0 spiro atoms. The lowest BCUT2D eigenvalue weighted by Gasteiger charge is -2.34. The lowest BCUT2D eigenvalue weighted by molar-refractivity contribution is 0.0758. The fraction of sp³-hybridized carbons (Fsp3) is 0.556. The average molecular weight is 347 g/mol. The molecule has 2 aromatic heterocycles. The van der Waals surface area contributed by atoms with Crippen molar-refractivity contribution in [2.24, 2.45) is 0 Å². The molecule has 1 saturated heterocycles. The second-order valence-corrected chi connectivity index (χ2v) is 7.08. The maximum atomic E-state index is 5.62. The largest absolute Gasteiger partial charge is 0.372 e. The SMILES string of the molecule is CCO[C@@H](C)c1nc(CN2CCN(Cc3cccnc3)CC2)cs1. The van der Waals surface area contributed by atoms with Crippen molar-refractivity contribution >= 4 is 11.3 Å². The quantitative estimate of drug-likeness (QED) is 0.771. The Labute approximate surface area is 148 Å². The fourth-order valence-electron chi connectivity index (χ4n) is 2.99. The summed E-state index contributed by atoms with van der Waals surface area (Å²) in [6.07, 6.45) is 3.89. The molecule has 0 bridgehead atoms. The first-order chi connectivity index (χ1) is 11.7. The van der Waals surface area contributed by atoms with Gasteiger partial charge in [0.25, 0.3) is 0 Å². The number of piperazine rings is 1. The van der Waals surface area contributed by atoms with Crippen LogP contribution in [-0.4, -0.2) is 52.6 Å². The minimum absolute atomic E-state index is 0.102. The molecule has 0 radical (unpaired) electrons. The Balaban J connectivity index is 1.45. The highest BCUT2D eigenvalue weighted by Crippen LogP contribution is 2.22. The number of aromatic nitrogens is 2. The molecule has 2 aromatic rings. The van der Waals surface area contributed by atoms with Gasteiger partial charge in [0.15, 0.2) is 0 Å². The molecule has 0 aromatic carbocycles. The van der Waals surface area contributed by atoms with Gasteiger partial charge in [-0.1, -0.05) is 6.07 Å². The molecular formula is C18H26N4OS. The predicted octanol–water partition coefficient (Wildman–Crippen LogP) is 2.95. The number of ether oxygens (including phenoxy) is 1. The van der Waals surface area contributed by atoms with E-state index in [1.54, 1.807) is 11.3 Å². The lowest BCUT2D eigenvalue weighted by Crippen LogP contribution is -2.45. The molecule has 0 N–H and O–H groups in total. The first-order valence-electron chi connectivity index (χ1n) is 8.64. The summed E-state index contributed by atoms with van der Waals surface area (Å²) < 4.78 is 5.62. The average Bonchev–Trinajstić information content (AvgIpc) is 3.06. The molecule has 0 saturated carbocycles. The Bertz CT molecular complexity index is 610. The predicted molar refractivity (Wildman–Crippen MR) is 96.9 cm³/mol. The van der Waals surface area contributed by atoms with Crippen molar-refractivity contribution in [2.75, 3.05) is 32.8 Å². The third-order valence-corrected chi connectivity index (χ3v) is 5.37. The molecule has 1 aliphatic rings. The summed E-state index contributed by atoms with van der Waals surface area (Å²) in [6.45, 7) is 11.1. The second kappa shape index (κ2) is 8.67. The first kappa shape index (κ1) is 17.5. The van der Waals surface area contributed by atoms with Crippen molar-refractivity contribution in [1.29, 1.82) is 0 Å². The van der Waals surface area contributed by atoms with Gasteiger partial charge in [-0.2, -0.15) is 0 Å². The zero-order valence-electron chi connectivity index (χ0n) is 14.5. The lowest BCUT2D eigenvalue weighted by atomic mass is 10.2. The smallest absolute Gasteiger partial charge is 0.122 e. The molecule has 0 amide bonds. The van der Waals surface area contributed by atoms with E-state index in [0.29, 0.717) is 0 Å². The summed E-state index contributed by atoms with van der Waals surface area (Å²) in [5.74, 6) is 0. The molecule has 1 aliphatic heterocycles. The van der Waals surface area contributed by atoms with Crippen LogP contribution < -0.4 is 0 Å². The van der Waals surface area contributed by atoms with Crippen LogP contribution in [0.1, 0.15) is 36.2 Å². The maximum Gasteiger partial charge on any atom is 0.122 e. The van der Waals surface area contributed by atoms with Crippen LogP contribution in [0.25, 0.3) is 0 Å². The third kappa shape index (κ3) is 4.83. The summed E-state index contributed by atoms with van der Waals surface area (Å²) in [5.41, 5.74) is 2.46. The second-order valence-electron chi connectivity index (χ2n) is 6.19. The zero-order valence-corrected chi connectivity index (χ0v) is 15.3. The van der Waals surface area contributed by atoms with Crippen molar-refractivity contribution in [1.82, 2.24) is 19.8 Å². The topological polar surface area (TPSA) is 41.5 Å². The molecular weight excluding hydrogens is 320 g/mol. The molecule has 1 fully saturated rings. The molecule has 5 nitrogen and oxygen atoms in total. The van der Waals surface area contributed by atoms with Crippen LogP contribution in [-0.2, 0) is 17.8 Å². The van der Waals surface area contributed by atoms with Crippen molar-refractivity contribution in [3.63, 3.8) is 0 Å². The summed E-state index contributed by atoms with van der Waals surface area (Å²) in [5, 5.41) is 3.26. The molecule has 6 heteroatoms. The van der Waals surface area contributed by atoms with Gasteiger partial charge in [-0.05, 0) is 25.5 Å². The van der Waals surface area contributed by atoms with Gasteiger partial charge < -0.3 is 4.74 Å². The van der Waals surface area contributed by atoms with E-state index in [0.717, 1.165) is 50.9 Å². The Morgan fingerprint density at radius 1 is 1.21 bits per heavy atom. The molecule has 24 heavy (non-hydrogen) atoms. The van der Waals surface area contributed by atoms with E-state index < -0.39 is 0 Å². The van der Waals surface area contributed by atoms with E-state index in [1.807, 2.05) is 25.4 Å². The Morgan fingerprint density at radius 3 is 2.62 bits per heavy atom. The monoisotopic (exact) mass is 346 g/mol. The van der Waals surface area contributed by atoms with Gasteiger partial charge >= 0.3 is 0 Å². The van der Waals surface area contributed by atoms with E-state index in [4.69, 9.17) is 9.72 Å². The number of nitrogens with zero attached hydrogens (tertiary/aromatic N) is 4. The molecule has 130 valence electrons. The summed E-state index contributed by atoms with van der Waals surface area (Å²) >= 11 is 1.71. The van der Waals surface area contributed by atoms with Crippen LogP contribution in [0.5, 0.6) is 0 Å². The highest BCUT2D eigenvalue weighted by molar-refractivity contribution is 7.09. The normalized spacial score (nSPS) is 17.9. The minimum Gasteiger partial charge on any atom is -0.372 e.